The molecule has 2 aliphatic rings. The molecule has 2 atom stereocenters. The van der Waals surface area contributed by atoms with Crippen LogP contribution in [0.1, 0.15) is 22.3 Å². The first kappa shape index (κ1) is 24.7. The van der Waals surface area contributed by atoms with Crippen molar-refractivity contribution in [3.05, 3.63) is 41.9 Å². The van der Waals surface area contributed by atoms with Crippen molar-refractivity contribution in [2.45, 2.75) is 25.1 Å². The zero-order valence-corrected chi connectivity index (χ0v) is 20.3. The van der Waals surface area contributed by atoms with Crippen LogP contribution in [0.15, 0.2) is 30.7 Å². The molecule has 0 radical (unpaired) electrons. The third-order valence-electron chi connectivity index (χ3n) is 6.71. The fourth-order valence-corrected chi connectivity index (χ4v) is 5.93. The summed E-state index contributed by atoms with van der Waals surface area (Å²) in [4.78, 5) is 25.9. The average Bonchev–Trinajstić information content (AvgIpc) is 3.19. The zero-order valence-electron chi connectivity index (χ0n) is 19.5. The lowest BCUT2D eigenvalue weighted by Crippen LogP contribution is -2.51. The molecule has 0 unspecified atom stereocenters. The maximum atomic E-state index is 13.5. The summed E-state index contributed by atoms with van der Waals surface area (Å²) in [6.45, 7) is 2.88. The molecule has 2 fully saturated rings. The van der Waals surface area contributed by atoms with Crippen molar-refractivity contribution >= 4 is 43.7 Å². The number of alkyl halides is 3. The van der Waals surface area contributed by atoms with Crippen LogP contribution < -0.4 is 21.3 Å². The highest BCUT2D eigenvalue weighted by atomic mass is 32.1. The predicted octanol–water partition coefficient (Wildman–Crippen LogP) is 3.25. The number of halogens is 3. The highest BCUT2D eigenvalue weighted by Crippen LogP contribution is 2.37. The minimum atomic E-state index is -4.34. The number of carbonyl (C=O) groups is 1. The van der Waals surface area contributed by atoms with Gasteiger partial charge in [-0.25, -0.2) is 0 Å². The van der Waals surface area contributed by atoms with Crippen molar-refractivity contribution in [2.24, 2.45) is 11.7 Å². The first-order valence-corrected chi connectivity index (χ1v) is 12.6. The van der Waals surface area contributed by atoms with Crippen LogP contribution in [0.3, 0.4) is 0 Å². The van der Waals surface area contributed by atoms with E-state index in [4.69, 9.17) is 16.2 Å². The maximum absolute atomic E-state index is 13.5. The summed E-state index contributed by atoms with van der Waals surface area (Å²) >= 11 is 1.30. The Balaban J connectivity index is 1.40. The number of piperidine rings is 1. The number of carbonyl (C=O) groups excluding carboxylic acids is 1. The number of nitrogen functional groups attached to an aromatic ring is 1. The van der Waals surface area contributed by atoms with Crippen LogP contribution in [0.2, 0.25) is 0 Å². The number of nitrogens with zero attached hydrogens (tertiary/aromatic N) is 4. The number of morpholine rings is 1. The molecule has 3 aromatic rings. The molecule has 192 valence electrons. The Morgan fingerprint density at radius 1 is 1.19 bits per heavy atom. The minimum Gasteiger partial charge on any atom is -0.390 e. The number of aromatic nitrogens is 2. The molecule has 2 saturated heterocycles. The van der Waals surface area contributed by atoms with Gasteiger partial charge in [0, 0.05) is 62.3 Å². The molecule has 5 heterocycles. The third-order valence-corrected chi connectivity index (χ3v) is 7.67. The van der Waals surface area contributed by atoms with Gasteiger partial charge in [-0.05, 0) is 18.6 Å². The standard InChI is InChI=1S/C24H27F3N6O2S/c25-24(26,27)15-8-16(28)13-33(12-15)18-1-2-30-10-14(18)7-19(34)21-22-20(36-23(21)29)9-17(11-31-22)32-3-5-35-6-4-32/h1-2,9-11,15-16H,3-8,12-13,28-29H2/t15-,16+/m1/s1. The van der Waals surface area contributed by atoms with E-state index in [0.717, 1.165) is 23.5 Å². The largest absolute Gasteiger partial charge is 0.393 e. The number of rotatable bonds is 5. The van der Waals surface area contributed by atoms with Crippen LogP contribution in [-0.2, 0) is 11.2 Å². The molecule has 0 aliphatic carbocycles. The lowest BCUT2D eigenvalue weighted by atomic mass is 9.93. The van der Waals surface area contributed by atoms with Crippen molar-refractivity contribution in [1.82, 2.24) is 9.97 Å². The Morgan fingerprint density at radius 3 is 2.72 bits per heavy atom. The first-order valence-electron chi connectivity index (χ1n) is 11.7. The molecular weight excluding hydrogens is 493 g/mol. The van der Waals surface area contributed by atoms with Crippen molar-refractivity contribution in [2.75, 3.05) is 54.9 Å². The third kappa shape index (κ3) is 4.97. The molecule has 4 N–H and O–H groups in total. The maximum Gasteiger partial charge on any atom is 0.393 e. The lowest BCUT2D eigenvalue weighted by Gasteiger charge is -2.39. The number of thiophene rings is 1. The molecule has 8 nitrogen and oxygen atoms in total. The second kappa shape index (κ2) is 9.83. The fraction of sp³-hybridized carbons (Fsp3) is 0.458. The Kier molecular flexibility index (Phi) is 6.75. The molecule has 2 aliphatic heterocycles. The van der Waals surface area contributed by atoms with E-state index >= 15 is 0 Å². The SMILES string of the molecule is Nc1sc2cc(N3CCOCC3)cnc2c1C(=O)Cc1cnccc1N1C[C@@H](N)C[C@@H](C(F)(F)F)C1. The van der Waals surface area contributed by atoms with Gasteiger partial charge in [0.05, 0.1) is 51.8 Å². The van der Waals surface area contributed by atoms with Gasteiger partial charge in [0.2, 0.25) is 0 Å². The number of ketones is 1. The summed E-state index contributed by atoms with van der Waals surface area (Å²) in [6, 6.07) is 2.99. The van der Waals surface area contributed by atoms with Crippen molar-refractivity contribution in [1.29, 1.82) is 0 Å². The van der Waals surface area contributed by atoms with E-state index in [-0.39, 0.29) is 31.7 Å². The van der Waals surface area contributed by atoms with Crippen LogP contribution in [0.25, 0.3) is 10.2 Å². The van der Waals surface area contributed by atoms with Crippen LogP contribution in [0.4, 0.5) is 29.5 Å². The van der Waals surface area contributed by atoms with Crippen LogP contribution in [-0.4, -0.2) is 67.4 Å². The Hall–Kier alpha value is -2.96. The summed E-state index contributed by atoms with van der Waals surface area (Å²) < 4.78 is 46.6. The average molecular weight is 521 g/mol. The quantitative estimate of drug-likeness (QED) is 0.494. The number of pyridine rings is 2. The van der Waals surface area contributed by atoms with E-state index in [1.165, 1.54) is 23.7 Å². The van der Waals surface area contributed by atoms with Gasteiger partial charge in [-0.2, -0.15) is 13.2 Å². The molecular formula is C24H27F3N6O2S. The van der Waals surface area contributed by atoms with E-state index in [0.29, 0.717) is 40.5 Å². The Morgan fingerprint density at radius 2 is 1.97 bits per heavy atom. The molecule has 3 aromatic heterocycles. The monoisotopic (exact) mass is 520 g/mol. The summed E-state index contributed by atoms with van der Waals surface area (Å²) in [5, 5.41) is 0.365. The van der Waals surface area contributed by atoms with Crippen molar-refractivity contribution in [3.63, 3.8) is 0 Å². The molecule has 0 bridgehead atoms. The summed E-state index contributed by atoms with van der Waals surface area (Å²) in [5.41, 5.74) is 15.1. The highest BCUT2D eigenvalue weighted by Gasteiger charge is 2.44. The highest BCUT2D eigenvalue weighted by molar-refractivity contribution is 7.23. The number of hydrogen-bond acceptors (Lipinski definition) is 9. The molecule has 0 spiro atoms. The molecule has 12 heteroatoms. The second-order valence-corrected chi connectivity index (χ2v) is 10.3. The molecule has 5 rings (SSSR count). The van der Waals surface area contributed by atoms with Crippen molar-refractivity contribution in [3.8, 4) is 0 Å². The van der Waals surface area contributed by atoms with E-state index < -0.39 is 18.1 Å². The van der Waals surface area contributed by atoms with Crippen LogP contribution in [0.5, 0.6) is 0 Å². The minimum absolute atomic E-state index is 0.0610. The number of hydrogen-bond donors (Lipinski definition) is 2. The Labute approximate surface area is 210 Å². The number of nitrogens with two attached hydrogens (primary N) is 2. The normalized spacial score (nSPS) is 21.2. The molecule has 0 amide bonds. The molecule has 0 saturated carbocycles. The number of ether oxygens (including phenoxy) is 1. The van der Waals surface area contributed by atoms with E-state index in [1.54, 1.807) is 17.2 Å². The zero-order chi connectivity index (χ0) is 25.4. The van der Waals surface area contributed by atoms with Gasteiger partial charge in [0.25, 0.3) is 0 Å². The fourth-order valence-electron chi connectivity index (χ4n) is 4.95. The van der Waals surface area contributed by atoms with Gasteiger partial charge in [0.15, 0.2) is 5.78 Å². The van der Waals surface area contributed by atoms with Gasteiger partial charge >= 0.3 is 6.18 Å². The summed E-state index contributed by atoms with van der Waals surface area (Å²) in [7, 11) is 0. The van der Waals surface area contributed by atoms with Gasteiger partial charge in [-0.3, -0.25) is 14.8 Å². The Bertz CT molecular complexity index is 1260. The van der Waals surface area contributed by atoms with Gasteiger partial charge in [-0.1, -0.05) is 0 Å². The number of fused-ring (bicyclic) bond motifs is 1. The van der Waals surface area contributed by atoms with E-state index in [2.05, 4.69) is 14.9 Å². The van der Waals surface area contributed by atoms with E-state index in [1.807, 2.05) is 6.07 Å². The van der Waals surface area contributed by atoms with Gasteiger partial charge in [0.1, 0.15) is 0 Å². The smallest absolute Gasteiger partial charge is 0.390 e. The number of anilines is 3. The predicted molar refractivity (Wildman–Crippen MR) is 134 cm³/mol. The van der Waals surface area contributed by atoms with Gasteiger partial charge in [-0.15, -0.1) is 11.3 Å². The summed E-state index contributed by atoms with van der Waals surface area (Å²) in [6.07, 6.45) is 0.247. The van der Waals surface area contributed by atoms with Gasteiger partial charge < -0.3 is 26.0 Å². The molecule has 36 heavy (non-hydrogen) atoms. The first-order chi connectivity index (χ1) is 17.2. The van der Waals surface area contributed by atoms with Crippen LogP contribution >= 0.6 is 11.3 Å². The lowest BCUT2D eigenvalue weighted by molar-refractivity contribution is -0.177. The topological polar surface area (TPSA) is 111 Å². The number of Topliss-reactive ketones (excluding diaryl/α,β-unsaturated/α-hetero) is 1. The molecule has 0 aromatic carbocycles. The van der Waals surface area contributed by atoms with Crippen LogP contribution in [0, 0.1) is 5.92 Å². The van der Waals surface area contributed by atoms with Crippen molar-refractivity contribution < 1.29 is 22.7 Å². The second-order valence-electron chi connectivity index (χ2n) is 9.22. The summed E-state index contributed by atoms with van der Waals surface area (Å²) in [5.74, 6) is -1.78. The van der Waals surface area contributed by atoms with E-state index in [9.17, 15) is 18.0 Å².